The molecule has 0 aliphatic heterocycles. The zero-order chi connectivity index (χ0) is 30.8. The van der Waals surface area contributed by atoms with Gasteiger partial charge in [-0.3, -0.25) is 4.98 Å². The maximum absolute atomic E-state index is 14.1. The van der Waals surface area contributed by atoms with Gasteiger partial charge >= 0.3 is 12.4 Å². The second-order valence-electron chi connectivity index (χ2n) is 9.90. The quantitative estimate of drug-likeness (QED) is 0.182. The number of anilines is 2. The third kappa shape index (κ3) is 7.08. The van der Waals surface area contributed by atoms with Gasteiger partial charge in [0.05, 0.1) is 22.3 Å². The first kappa shape index (κ1) is 29.9. The maximum atomic E-state index is 14.1. The van der Waals surface area contributed by atoms with Crippen LogP contribution in [0.15, 0.2) is 85.1 Å². The topological polar surface area (TPSA) is 53.9 Å². The Hall–Kier alpha value is -4.58. The molecule has 0 unspecified atom stereocenters. The number of rotatable bonds is 8. The molecule has 1 N–H and O–H groups in total. The summed E-state index contributed by atoms with van der Waals surface area (Å²) in [6.07, 6.45) is -7.57. The van der Waals surface area contributed by atoms with Crippen molar-refractivity contribution in [2.24, 2.45) is 0 Å². The van der Waals surface area contributed by atoms with E-state index in [1.807, 2.05) is 4.90 Å². The minimum atomic E-state index is -4.63. The Labute approximate surface area is 242 Å². The summed E-state index contributed by atoms with van der Waals surface area (Å²) in [5.41, 5.74) is -0.655. The average Bonchev–Trinajstić information content (AvgIpc) is 2.96. The van der Waals surface area contributed by atoms with Crippen molar-refractivity contribution in [1.29, 1.82) is 0 Å². The number of alkyl halides is 6. The van der Waals surface area contributed by atoms with Crippen molar-refractivity contribution < 1.29 is 30.7 Å². The molecule has 5 aromatic rings. The van der Waals surface area contributed by atoms with E-state index in [2.05, 4.69) is 20.3 Å². The first-order chi connectivity index (χ1) is 20.4. The summed E-state index contributed by atoms with van der Waals surface area (Å²) < 4.78 is 94.4. The van der Waals surface area contributed by atoms with E-state index < -0.39 is 23.5 Å². The van der Waals surface area contributed by atoms with E-state index in [0.717, 1.165) is 18.2 Å². The molecule has 0 saturated heterocycles. The lowest BCUT2D eigenvalue weighted by atomic mass is 10.0. The highest BCUT2D eigenvalue weighted by Crippen LogP contribution is 2.37. The maximum Gasteiger partial charge on any atom is 0.418 e. The highest BCUT2D eigenvalue weighted by atomic mass is 19.4. The van der Waals surface area contributed by atoms with Crippen LogP contribution in [-0.2, 0) is 25.3 Å². The van der Waals surface area contributed by atoms with Gasteiger partial charge in [0, 0.05) is 47.9 Å². The fourth-order valence-electron chi connectivity index (χ4n) is 4.56. The van der Waals surface area contributed by atoms with Crippen LogP contribution < -0.4 is 5.32 Å². The van der Waals surface area contributed by atoms with Gasteiger partial charge in [-0.25, -0.2) is 14.4 Å². The number of hydrogen-bond acceptors (Lipinski definition) is 5. The summed E-state index contributed by atoms with van der Waals surface area (Å²) in [5.74, 6) is 0.260. The fraction of sp³-hybridized carbons (Fsp3) is 0.194. The van der Waals surface area contributed by atoms with Crippen molar-refractivity contribution in [2.45, 2.75) is 25.3 Å². The standard InChI is InChI=1S/C31H24F7N5/c1-43(18-20-5-2-3-7-25(20)32)16-14-27-41-26-17-19(28-24(31(36,37)38)6-4-15-39-28)8-13-23(26)29(42-27)40-22-11-9-21(10-12-22)30(33,34)35/h2-13,15,17H,14,16,18H2,1H3,(H,40,41,42). The fourth-order valence-corrected chi connectivity index (χ4v) is 4.56. The lowest BCUT2D eigenvalue weighted by molar-refractivity contribution is -0.138. The molecule has 0 fully saturated rings. The Balaban J connectivity index is 1.50. The molecule has 43 heavy (non-hydrogen) atoms. The summed E-state index contributed by atoms with van der Waals surface area (Å²) in [6, 6.07) is 17.4. The Kier molecular flexibility index (Phi) is 8.32. The van der Waals surface area contributed by atoms with Crippen LogP contribution in [0.4, 0.5) is 42.2 Å². The van der Waals surface area contributed by atoms with Crippen molar-refractivity contribution in [3.05, 3.63) is 113 Å². The molecule has 12 heteroatoms. The van der Waals surface area contributed by atoms with Crippen molar-refractivity contribution in [1.82, 2.24) is 19.9 Å². The summed E-state index contributed by atoms with van der Waals surface area (Å²) in [7, 11) is 1.80. The van der Waals surface area contributed by atoms with E-state index in [1.165, 1.54) is 42.6 Å². The van der Waals surface area contributed by atoms with Gasteiger partial charge in [-0.15, -0.1) is 0 Å². The van der Waals surface area contributed by atoms with Gasteiger partial charge in [0.1, 0.15) is 17.5 Å². The lowest BCUT2D eigenvalue weighted by Crippen LogP contribution is -2.22. The minimum Gasteiger partial charge on any atom is -0.340 e. The molecule has 0 saturated carbocycles. The number of aromatic nitrogens is 3. The molecular formula is C31H24F7N5. The number of likely N-dealkylation sites (N-methyl/N-ethyl adjacent to an activating group) is 1. The van der Waals surface area contributed by atoms with Gasteiger partial charge in [0.2, 0.25) is 0 Å². The molecule has 0 aliphatic carbocycles. The third-order valence-corrected chi connectivity index (χ3v) is 6.72. The number of fused-ring (bicyclic) bond motifs is 1. The first-order valence-corrected chi connectivity index (χ1v) is 13.1. The number of pyridine rings is 1. The Morgan fingerprint density at radius 3 is 2.26 bits per heavy atom. The van der Waals surface area contributed by atoms with Gasteiger partial charge in [-0.2, -0.15) is 26.3 Å². The number of nitrogens with one attached hydrogen (secondary N) is 1. The van der Waals surface area contributed by atoms with Crippen molar-refractivity contribution in [3.63, 3.8) is 0 Å². The highest BCUT2D eigenvalue weighted by molar-refractivity contribution is 5.93. The Morgan fingerprint density at radius 2 is 1.56 bits per heavy atom. The molecule has 5 nitrogen and oxygen atoms in total. The highest BCUT2D eigenvalue weighted by Gasteiger charge is 2.34. The molecule has 0 radical (unpaired) electrons. The molecule has 2 aromatic heterocycles. The molecule has 3 aromatic carbocycles. The summed E-state index contributed by atoms with van der Waals surface area (Å²) in [5, 5.41) is 3.46. The van der Waals surface area contributed by atoms with E-state index in [4.69, 9.17) is 0 Å². The van der Waals surface area contributed by atoms with Crippen molar-refractivity contribution in [2.75, 3.05) is 18.9 Å². The molecule has 0 bridgehead atoms. The van der Waals surface area contributed by atoms with Gasteiger partial charge < -0.3 is 10.2 Å². The SMILES string of the molecule is CN(CCc1nc(Nc2ccc(C(F)(F)F)cc2)c2ccc(-c3ncccc3C(F)(F)F)cc2n1)Cc1ccccc1F. The second-order valence-corrected chi connectivity index (χ2v) is 9.90. The minimum absolute atomic E-state index is 0.183. The van der Waals surface area contributed by atoms with Crippen LogP contribution in [0.5, 0.6) is 0 Å². The van der Waals surface area contributed by atoms with Crippen molar-refractivity contribution >= 4 is 22.4 Å². The molecule has 0 spiro atoms. The predicted octanol–water partition coefficient (Wildman–Crippen LogP) is 8.29. The average molecular weight is 600 g/mol. The molecule has 2 heterocycles. The molecule has 5 rings (SSSR count). The van der Waals surface area contributed by atoms with Crippen LogP contribution >= 0.6 is 0 Å². The largest absolute Gasteiger partial charge is 0.418 e. The number of hydrogen-bond donors (Lipinski definition) is 1. The normalized spacial score (nSPS) is 12.2. The van der Waals surface area contributed by atoms with Crippen LogP contribution in [0.2, 0.25) is 0 Å². The van der Waals surface area contributed by atoms with Gasteiger partial charge in [0.25, 0.3) is 0 Å². The van der Waals surface area contributed by atoms with Gasteiger partial charge in [-0.05, 0) is 61.6 Å². The first-order valence-electron chi connectivity index (χ1n) is 13.1. The molecule has 0 aliphatic rings. The smallest absolute Gasteiger partial charge is 0.340 e. The van der Waals surface area contributed by atoms with Gasteiger partial charge in [0.15, 0.2) is 0 Å². The van der Waals surface area contributed by atoms with Gasteiger partial charge in [-0.1, -0.05) is 24.3 Å². The second kappa shape index (κ2) is 12.0. The van der Waals surface area contributed by atoms with E-state index in [0.29, 0.717) is 47.5 Å². The Bertz CT molecular complexity index is 1730. The number of nitrogens with zero attached hydrogens (tertiary/aromatic N) is 4. The summed E-state index contributed by atoms with van der Waals surface area (Å²) >= 11 is 0. The molecular weight excluding hydrogens is 575 g/mol. The summed E-state index contributed by atoms with van der Waals surface area (Å²) in [4.78, 5) is 15.0. The van der Waals surface area contributed by atoms with Crippen LogP contribution in [-0.4, -0.2) is 33.4 Å². The lowest BCUT2D eigenvalue weighted by Gasteiger charge is -2.18. The Morgan fingerprint density at radius 1 is 0.814 bits per heavy atom. The molecule has 0 amide bonds. The molecule has 222 valence electrons. The number of halogens is 7. The van der Waals surface area contributed by atoms with Crippen LogP contribution in [0.1, 0.15) is 22.5 Å². The molecule has 0 atom stereocenters. The predicted molar refractivity (Wildman–Crippen MR) is 149 cm³/mol. The third-order valence-electron chi connectivity index (χ3n) is 6.72. The summed E-state index contributed by atoms with van der Waals surface area (Å²) in [6.45, 7) is 0.735. The number of benzene rings is 3. The monoisotopic (exact) mass is 599 g/mol. The van der Waals surface area contributed by atoms with E-state index in [-0.39, 0.29) is 22.9 Å². The van der Waals surface area contributed by atoms with Crippen molar-refractivity contribution in [3.8, 4) is 11.3 Å². The van der Waals surface area contributed by atoms with Crippen LogP contribution in [0.3, 0.4) is 0 Å². The zero-order valence-corrected chi connectivity index (χ0v) is 22.6. The van der Waals surface area contributed by atoms with E-state index >= 15 is 0 Å². The van der Waals surface area contributed by atoms with Crippen LogP contribution in [0.25, 0.3) is 22.2 Å². The zero-order valence-electron chi connectivity index (χ0n) is 22.6. The van der Waals surface area contributed by atoms with Crippen LogP contribution in [0, 0.1) is 5.82 Å². The van der Waals surface area contributed by atoms with E-state index in [1.54, 1.807) is 31.3 Å². The van der Waals surface area contributed by atoms with E-state index in [9.17, 15) is 30.7 Å².